The molecule has 4 atom stereocenters. The van der Waals surface area contributed by atoms with Gasteiger partial charge in [-0.3, -0.25) is 4.79 Å². The van der Waals surface area contributed by atoms with Gasteiger partial charge < -0.3 is 10.1 Å². The summed E-state index contributed by atoms with van der Waals surface area (Å²) >= 11 is 0. The molecule has 1 aromatic carbocycles. The lowest BCUT2D eigenvalue weighted by molar-refractivity contribution is -0.128. The second-order valence-electron chi connectivity index (χ2n) is 7.69. The molecule has 0 heterocycles. The van der Waals surface area contributed by atoms with Crippen LogP contribution in [-0.2, 0) is 17.6 Å². The maximum Gasteiger partial charge on any atom is 0.261 e. The van der Waals surface area contributed by atoms with E-state index in [9.17, 15) is 4.79 Å². The fraction of sp³-hybridized carbons (Fsp3) is 0.650. The van der Waals surface area contributed by atoms with Crippen LogP contribution in [0.4, 0.5) is 0 Å². The first-order chi connectivity index (χ1) is 11.2. The highest BCUT2D eigenvalue weighted by molar-refractivity contribution is 5.81. The SMILES string of the molecule is C[C@H](Oc1ccc2c(c1)CCCC2)C(=O)N[C@H]1C[C@H]2CC[C@H]1C2. The fourth-order valence-corrected chi connectivity index (χ4v) is 4.76. The summed E-state index contributed by atoms with van der Waals surface area (Å²) in [6.07, 6.45) is 9.57. The highest BCUT2D eigenvalue weighted by Crippen LogP contribution is 2.44. The smallest absolute Gasteiger partial charge is 0.261 e. The number of ether oxygens (including phenoxy) is 1. The van der Waals surface area contributed by atoms with E-state index in [4.69, 9.17) is 4.74 Å². The molecule has 23 heavy (non-hydrogen) atoms. The number of amides is 1. The topological polar surface area (TPSA) is 38.3 Å². The molecular formula is C20H27NO2. The zero-order chi connectivity index (χ0) is 15.8. The van der Waals surface area contributed by atoms with Crippen LogP contribution in [0.1, 0.15) is 56.6 Å². The van der Waals surface area contributed by atoms with Crippen molar-refractivity contribution < 1.29 is 9.53 Å². The maximum atomic E-state index is 12.4. The summed E-state index contributed by atoms with van der Waals surface area (Å²) in [5, 5.41) is 3.23. The molecule has 1 amide bonds. The Morgan fingerprint density at radius 2 is 2.00 bits per heavy atom. The van der Waals surface area contributed by atoms with E-state index in [1.165, 1.54) is 56.1 Å². The minimum atomic E-state index is -0.421. The van der Waals surface area contributed by atoms with Crippen LogP contribution in [0.15, 0.2) is 18.2 Å². The van der Waals surface area contributed by atoms with Crippen LogP contribution in [0.3, 0.4) is 0 Å². The van der Waals surface area contributed by atoms with Crippen molar-refractivity contribution in [3.8, 4) is 5.75 Å². The van der Waals surface area contributed by atoms with Crippen LogP contribution in [-0.4, -0.2) is 18.1 Å². The van der Waals surface area contributed by atoms with Crippen molar-refractivity contribution in [2.24, 2.45) is 11.8 Å². The molecule has 124 valence electrons. The van der Waals surface area contributed by atoms with E-state index in [1.54, 1.807) is 0 Å². The van der Waals surface area contributed by atoms with Crippen LogP contribution >= 0.6 is 0 Å². The molecule has 3 aliphatic rings. The Balaban J connectivity index is 1.35. The number of hydrogen-bond donors (Lipinski definition) is 1. The molecule has 0 spiro atoms. The summed E-state index contributed by atoms with van der Waals surface area (Å²) < 4.78 is 5.92. The third kappa shape index (κ3) is 3.11. The Morgan fingerprint density at radius 1 is 1.17 bits per heavy atom. The molecule has 0 aliphatic heterocycles. The average Bonchev–Trinajstić information content (AvgIpc) is 3.17. The second kappa shape index (κ2) is 6.18. The van der Waals surface area contributed by atoms with Gasteiger partial charge in [-0.15, -0.1) is 0 Å². The molecule has 1 N–H and O–H groups in total. The number of aryl methyl sites for hydroxylation is 2. The molecule has 0 unspecified atom stereocenters. The van der Waals surface area contributed by atoms with Gasteiger partial charge in [-0.2, -0.15) is 0 Å². The number of rotatable bonds is 4. The summed E-state index contributed by atoms with van der Waals surface area (Å²) in [6, 6.07) is 6.71. The van der Waals surface area contributed by atoms with Gasteiger partial charge in [0.25, 0.3) is 5.91 Å². The molecule has 1 aromatic rings. The van der Waals surface area contributed by atoms with Crippen LogP contribution in [0.2, 0.25) is 0 Å². The molecule has 2 fully saturated rings. The van der Waals surface area contributed by atoms with E-state index in [2.05, 4.69) is 17.4 Å². The van der Waals surface area contributed by atoms with Crippen molar-refractivity contribution in [2.75, 3.05) is 0 Å². The van der Waals surface area contributed by atoms with E-state index in [1.807, 2.05) is 13.0 Å². The Labute approximate surface area is 138 Å². The van der Waals surface area contributed by atoms with Crippen LogP contribution < -0.4 is 10.1 Å². The number of nitrogens with one attached hydrogen (secondary N) is 1. The van der Waals surface area contributed by atoms with Gasteiger partial charge in [-0.05, 0) is 87.0 Å². The number of benzene rings is 1. The molecule has 0 radical (unpaired) electrons. The van der Waals surface area contributed by atoms with Gasteiger partial charge in [-0.1, -0.05) is 12.5 Å². The van der Waals surface area contributed by atoms with Crippen LogP contribution in [0, 0.1) is 11.8 Å². The van der Waals surface area contributed by atoms with Gasteiger partial charge in [0.1, 0.15) is 5.75 Å². The van der Waals surface area contributed by atoms with E-state index in [-0.39, 0.29) is 5.91 Å². The fourth-order valence-electron chi connectivity index (χ4n) is 4.76. The standard InChI is InChI=1S/C20H27NO2/c1-13(20(22)21-19-11-14-6-7-17(19)10-14)23-18-9-8-15-4-2-3-5-16(15)12-18/h8-9,12-14,17,19H,2-7,10-11H2,1H3,(H,21,22)/t13-,14-,17-,19-/m0/s1. The average molecular weight is 313 g/mol. The quantitative estimate of drug-likeness (QED) is 0.921. The van der Waals surface area contributed by atoms with Crippen LogP contribution in [0.5, 0.6) is 5.75 Å². The van der Waals surface area contributed by atoms with E-state index in [0.29, 0.717) is 12.0 Å². The minimum absolute atomic E-state index is 0.0419. The summed E-state index contributed by atoms with van der Waals surface area (Å²) in [5.41, 5.74) is 2.84. The molecule has 2 bridgehead atoms. The monoisotopic (exact) mass is 313 g/mol. The highest BCUT2D eigenvalue weighted by Gasteiger charge is 2.40. The number of hydrogen-bond acceptors (Lipinski definition) is 2. The summed E-state index contributed by atoms with van der Waals surface area (Å²) in [6.45, 7) is 1.86. The lowest BCUT2D eigenvalue weighted by Gasteiger charge is -2.25. The first kappa shape index (κ1) is 15.0. The maximum absolute atomic E-state index is 12.4. The van der Waals surface area contributed by atoms with Crippen LogP contribution in [0.25, 0.3) is 0 Å². The van der Waals surface area contributed by atoms with Gasteiger partial charge in [-0.25, -0.2) is 0 Å². The first-order valence-corrected chi connectivity index (χ1v) is 9.28. The van der Waals surface area contributed by atoms with Crippen molar-refractivity contribution in [2.45, 2.75) is 70.4 Å². The molecule has 3 nitrogen and oxygen atoms in total. The van der Waals surface area contributed by atoms with E-state index in [0.717, 1.165) is 18.1 Å². The third-order valence-corrected chi connectivity index (χ3v) is 6.07. The second-order valence-corrected chi connectivity index (χ2v) is 7.69. The number of carbonyl (C=O) groups excluding carboxylic acids is 1. The molecule has 3 heteroatoms. The van der Waals surface area contributed by atoms with E-state index >= 15 is 0 Å². The van der Waals surface area contributed by atoms with Crippen molar-refractivity contribution in [3.63, 3.8) is 0 Å². The van der Waals surface area contributed by atoms with Gasteiger partial charge in [0.2, 0.25) is 0 Å². The molecule has 2 saturated carbocycles. The molecule has 3 aliphatic carbocycles. The molecule has 0 saturated heterocycles. The normalized spacial score (nSPS) is 29.9. The Bertz CT molecular complexity index is 597. The van der Waals surface area contributed by atoms with Gasteiger partial charge in [0.15, 0.2) is 6.10 Å². The highest BCUT2D eigenvalue weighted by atomic mass is 16.5. The van der Waals surface area contributed by atoms with Crippen molar-refractivity contribution in [1.82, 2.24) is 5.32 Å². The van der Waals surface area contributed by atoms with Crippen molar-refractivity contribution in [1.29, 1.82) is 0 Å². The largest absolute Gasteiger partial charge is 0.481 e. The van der Waals surface area contributed by atoms with Gasteiger partial charge in [0, 0.05) is 6.04 Å². The first-order valence-electron chi connectivity index (χ1n) is 9.28. The molecular weight excluding hydrogens is 286 g/mol. The van der Waals surface area contributed by atoms with Crippen molar-refractivity contribution in [3.05, 3.63) is 29.3 Å². The zero-order valence-electron chi connectivity index (χ0n) is 14.0. The number of fused-ring (bicyclic) bond motifs is 3. The Morgan fingerprint density at radius 3 is 2.74 bits per heavy atom. The van der Waals surface area contributed by atoms with Gasteiger partial charge >= 0.3 is 0 Å². The Hall–Kier alpha value is -1.51. The Kier molecular flexibility index (Phi) is 4.04. The van der Waals surface area contributed by atoms with Crippen molar-refractivity contribution >= 4 is 5.91 Å². The van der Waals surface area contributed by atoms with E-state index < -0.39 is 6.10 Å². The lowest BCUT2D eigenvalue weighted by atomic mass is 9.92. The zero-order valence-corrected chi connectivity index (χ0v) is 14.0. The predicted molar refractivity (Wildman–Crippen MR) is 90.6 cm³/mol. The number of carbonyl (C=O) groups is 1. The summed E-state index contributed by atoms with van der Waals surface area (Å²) in [5.74, 6) is 2.43. The third-order valence-electron chi connectivity index (χ3n) is 6.07. The summed E-state index contributed by atoms with van der Waals surface area (Å²) in [7, 11) is 0. The molecule has 0 aromatic heterocycles. The molecule has 4 rings (SSSR count). The van der Waals surface area contributed by atoms with Gasteiger partial charge in [0.05, 0.1) is 0 Å². The summed E-state index contributed by atoms with van der Waals surface area (Å²) in [4.78, 5) is 12.4. The predicted octanol–water partition coefficient (Wildman–Crippen LogP) is 3.64. The minimum Gasteiger partial charge on any atom is -0.481 e. The lowest BCUT2D eigenvalue weighted by Crippen LogP contribution is -2.44.